The predicted molar refractivity (Wildman–Crippen MR) is 126 cm³/mol. The zero-order valence-corrected chi connectivity index (χ0v) is 18.3. The Bertz CT molecular complexity index is 1460. The average Bonchev–Trinajstić information content (AvgIpc) is 3.53. The number of aromatic nitrogens is 1. The SMILES string of the molecule is NC(=O)c1c(NC(=O)c2cc(-c3ccc4c(c3)OCO4)nc3ccccc23)sc2c1CCC2. The molecule has 2 aromatic carbocycles. The smallest absolute Gasteiger partial charge is 0.257 e. The molecule has 2 aromatic heterocycles. The third-order valence-corrected chi connectivity index (χ3v) is 7.23. The van der Waals surface area contributed by atoms with Crippen LogP contribution in [0.2, 0.25) is 0 Å². The molecule has 33 heavy (non-hydrogen) atoms. The molecule has 1 aliphatic heterocycles. The van der Waals surface area contributed by atoms with Crippen LogP contribution in [-0.2, 0) is 12.8 Å². The second-order valence-corrected chi connectivity index (χ2v) is 9.13. The highest BCUT2D eigenvalue weighted by Crippen LogP contribution is 2.40. The molecule has 7 nitrogen and oxygen atoms in total. The molecule has 164 valence electrons. The van der Waals surface area contributed by atoms with Gasteiger partial charge in [-0.25, -0.2) is 4.98 Å². The zero-order valence-electron chi connectivity index (χ0n) is 17.5. The number of amides is 2. The van der Waals surface area contributed by atoms with Crippen LogP contribution in [-0.4, -0.2) is 23.6 Å². The number of ether oxygens (including phenoxy) is 2. The molecule has 2 amide bonds. The normalized spacial score (nSPS) is 13.8. The Hall–Kier alpha value is -3.91. The highest BCUT2D eigenvalue weighted by Gasteiger charge is 2.27. The number of nitrogens with one attached hydrogen (secondary N) is 1. The number of nitrogens with zero attached hydrogens (tertiary/aromatic N) is 1. The van der Waals surface area contributed by atoms with Crippen LogP contribution in [0.25, 0.3) is 22.2 Å². The molecule has 1 aliphatic carbocycles. The number of rotatable bonds is 4. The summed E-state index contributed by atoms with van der Waals surface area (Å²) < 4.78 is 10.9. The number of aryl methyl sites for hydroxylation is 1. The molecule has 3 N–H and O–H groups in total. The molecule has 0 radical (unpaired) electrons. The fraction of sp³-hybridized carbons (Fsp3) is 0.160. The standard InChI is InChI=1S/C25H19N3O4S/c26-23(29)22-15-5-3-7-21(15)33-25(22)28-24(30)16-11-18(27-17-6-2-1-4-14(16)17)13-8-9-19-20(10-13)32-12-31-19/h1-2,4,6,8-11H,3,5,7,12H2,(H2,26,29)(H,28,30). The number of nitrogens with two attached hydrogens (primary N) is 1. The lowest BCUT2D eigenvalue weighted by atomic mass is 10.0. The number of benzene rings is 2. The molecule has 0 fully saturated rings. The first-order valence-electron chi connectivity index (χ1n) is 10.6. The van der Waals surface area contributed by atoms with E-state index in [0.717, 1.165) is 40.7 Å². The average molecular weight is 458 g/mol. The first-order chi connectivity index (χ1) is 16.1. The second-order valence-electron chi connectivity index (χ2n) is 8.02. The monoisotopic (exact) mass is 457 g/mol. The number of anilines is 1. The van der Waals surface area contributed by atoms with Crippen molar-refractivity contribution >= 4 is 39.1 Å². The maximum Gasteiger partial charge on any atom is 0.257 e. The van der Waals surface area contributed by atoms with Crippen molar-refractivity contribution in [2.45, 2.75) is 19.3 Å². The topological polar surface area (TPSA) is 104 Å². The summed E-state index contributed by atoms with van der Waals surface area (Å²) in [5.41, 5.74) is 9.70. The van der Waals surface area contributed by atoms with Crippen LogP contribution < -0.4 is 20.5 Å². The van der Waals surface area contributed by atoms with Crippen LogP contribution in [0.3, 0.4) is 0 Å². The summed E-state index contributed by atoms with van der Waals surface area (Å²) in [7, 11) is 0. The van der Waals surface area contributed by atoms with Crippen LogP contribution in [0.5, 0.6) is 11.5 Å². The number of carbonyl (C=O) groups excluding carboxylic acids is 2. The van der Waals surface area contributed by atoms with Gasteiger partial charge in [0.05, 0.1) is 22.3 Å². The molecular formula is C25H19N3O4S. The van der Waals surface area contributed by atoms with Gasteiger partial charge in [-0.3, -0.25) is 9.59 Å². The summed E-state index contributed by atoms with van der Waals surface area (Å²) in [5, 5.41) is 4.20. The highest BCUT2D eigenvalue weighted by atomic mass is 32.1. The number of carbonyl (C=O) groups is 2. The van der Waals surface area contributed by atoms with E-state index in [1.165, 1.54) is 11.3 Å². The minimum Gasteiger partial charge on any atom is -0.454 e. The lowest BCUT2D eigenvalue weighted by Gasteiger charge is -2.11. The Labute approximate surface area is 193 Å². The van der Waals surface area contributed by atoms with Gasteiger partial charge in [0.1, 0.15) is 5.00 Å². The van der Waals surface area contributed by atoms with E-state index in [0.29, 0.717) is 38.8 Å². The number of fused-ring (bicyclic) bond motifs is 3. The summed E-state index contributed by atoms with van der Waals surface area (Å²) in [4.78, 5) is 31.5. The first kappa shape index (κ1) is 19.8. The summed E-state index contributed by atoms with van der Waals surface area (Å²) in [5.74, 6) is 0.512. The Morgan fingerprint density at radius 2 is 1.88 bits per heavy atom. The quantitative estimate of drug-likeness (QED) is 0.469. The number of hydrogen-bond acceptors (Lipinski definition) is 6. The molecule has 4 aromatic rings. The van der Waals surface area contributed by atoms with E-state index in [4.69, 9.17) is 20.2 Å². The van der Waals surface area contributed by atoms with Crippen LogP contribution in [0.1, 0.15) is 37.6 Å². The molecule has 0 unspecified atom stereocenters. The van der Waals surface area contributed by atoms with Gasteiger partial charge in [0.2, 0.25) is 6.79 Å². The first-order valence-corrected chi connectivity index (χ1v) is 11.5. The van der Waals surface area contributed by atoms with E-state index in [1.807, 2.05) is 42.5 Å². The molecule has 6 rings (SSSR count). The number of hydrogen-bond donors (Lipinski definition) is 2. The van der Waals surface area contributed by atoms with Gasteiger partial charge in [0, 0.05) is 15.8 Å². The van der Waals surface area contributed by atoms with E-state index < -0.39 is 5.91 Å². The molecule has 3 heterocycles. The van der Waals surface area contributed by atoms with E-state index in [2.05, 4.69) is 5.32 Å². The largest absolute Gasteiger partial charge is 0.454 e. The van der Waals surface area contributed by atoms with Crippen LogP contribution in [0, 0.1) is 0 Å². The number of primary amides is 1. The van der Waals surface area contributed by atoms with Crippen molar-refractivity contribution in [2.24, 2.45) is 5.73 Å². The van der Waals surface area contributed by atoms with Crippen LogP contribution >= 0.6 is 11.3 Å². The van der Waals surface area contributed by atoms with Crippen molar-refractivity contribution in [2.75, 3.05) is 12.1 Å². The maximum absolute atomic E-state index is 13.5. The van der Waals surface area contributed by atoms with Gasteiger partial charge >= 0.3 is 0 Å². The van der Waals surface area contributed by atoms with Crippen molar-refractivity contribution in [3.8, 4) is 22.8 Å². The van der Waals surface area contributed by atoms with Crippen LogP contribution in [0.15, 0.2) is 48.5 Å². The molecule has 0 bridgehead atoms. The molecule has 0 saturated carbocycles. The van der Waals surface area contributed by atoms with E-state index in [9.17, 15) is 9.59 Å². The van der Waals surface area contributed by atoms with Gasteiger partial charge in [-0.2, -0.15) is 0 Å². The van der Waals surface area contributed by atoms with E-state index in [1.54, 1.807) is 6.07 Å². The summed E-state index contributed by atoms with van der Waals surface area (Å²) in [6.45, 7) is 0.185. The predicted octanol–water partition coefficient (Wildman–Crippen LogP) is 4.53. The third kappa shape index (κ3) is 3.30. The van der Waals surface area contributed by atoms with Crippen molar-refractivity contribution in [3.63, 3.8) is 0 Å². The van der Waals surface area contributed by atoms with Gasteiger partial charge in [-0.1, -0.05) is 18.2 Å². The Morgan fingerprint density at radius 1 is 1.03 bits per heavy atom. The van der Waals surface area contributed by atoms with Gasteiger partial charge in [0.15, 0.2) is 11.5 Å². The van der Waals surface area contributed by atoms with Gasteiger partial charge < -0.3 is 20.5 Å². The van der Waals surface area contributed by atoms with Crippen molar-refractivity contribution in [1.29, 1.82) is 0 Å². The van der Waals surface area contributed by atoms with E-state index >= 15 is 0 Å². The number of thiophene rings is 1. The van der Waals surface area contributed by atoms with Gasteiger partial charge in [0.25, 0.3) is 11.8 Å². The van der Waals surface area contributed by atoms with Crippen molar-refractivity contribution < 1.29 is 19.1 Å². The number of para-hydroxylation sites is 1. The fourth-order valence-electron chi connectivity index (χ4n) is 4.49. The van der Waals surface area contributed by atoms with Gasteiger partial charge in [-0.15, -0.1) is 11.3 Å². The molecule has 0 atom stereocenters. The third-order valence-electron chi connectivity index (χ3n) is 6.02. The van der Waals surface area contributed by atoms with E-state index in [-0.39, 0.29) is 12.7 Å². The highest BCUT2D eigenvalue weighted by molar-refractivity contribution is 7.17. The molecular weight excluding hydrogens is 438 g/mol. The minimum atomic E-state index is -0.509. The van der Waals surface area contributed by atoms with Crippen molar-refractivity contribution in [1.82, 2.24) is 4.98 Å². The second kappa shape index (κ2) is 7.60. The lowest BCUT2D eigenvalue weighted by molar-refractivity contribution is 0.100. The van der Waals surface area contributed by atoms with Crippen molar-refractivity contribution in [3.05, 3.63) is 70.1 Å². The summed E-state index contributed by atoms with van der Waals surface area (Å²) in [6.07, 6.45) is 2.72. The molecule has 0 saturated heterocycles. The lowest BCUT2D eigenvalue weighted by Crippen LogP contribution is -2.18. The molecule has 2 aliphatic rings. The van der Waals surface area contributed by atoms with Gasteiger partial charge in [-0.05, 0) is 55.2 Å². The molecule has 0 spiro atoms. The Morgan fingerprint density at radius 3 is 2.76 bits per heavy atom. The number of pyridine rings is 1. The minimum absolute atomic E-state index is 0.185. The summed E-state index contributed by atoms with van der Waals surface area (Å²) in [6, 6.07) is 14.8. The Balaban J connectivity index is 1.43. The summed E-state index contributed by atoms with van der Waals surface area (Å²) >= 11 is 1.44. The maximum atomic E-state index is 13.5. The fourth-order valence-corrected chi connectivity index (χ4v) is 5.78. The zero-order chi connectivity index (χ0) is 22.5. The van der Waals surface area contributed by atoms with Crippen LogP contribution in [0.4, 0.5) is 5.00 Å². The molecule has 8 heteroatoms. The Kier molecular flexibility index (Phi) is 4.55.